The molecule has 2 aliphatic rings. The first-order chi connectivity index (χ1) is 8.34. The van der Waals surface area contributed by atoms with Gasteiger partial charge in [0.2, 0.25) is 0 Å². The van der Waals surface area contributed by atoms with E-state index in [9.17, 15) is 4.39 Å². The van der Waals surface area contributed by atoms with Crippen molar-refractivity contribution < 1.29 is 4.39 Å². The first-order valence-corrected chi connectivity index (χ1v) is 6.63. The van der Waals surface area contributed by atoms with Gasteiger partial charge in [-0.2, -0.15) is 0 Å². The number of piperidine rings is 1. The van der Waals surface area contributed by atoms with Gasteiger partial charge in [-0.1, -0.05) is 18.6 Å². The maximum Gasteiger partial charge on any atom is 0.126 e. The standard InChI is InChI=1S/C14H19FN2/c15-13-6-4-5-12-11(13)7-8-14(12)16-17-9-2-1-3-10-17/h4-6,14,16H,1-3,7-10H2. The Bertz CT molecular complexity index is 399. The minimum Gasteiger partial charge on any atom is -0.248 e. The lowest BCUT2D eigenvalue weighted by Gasteiger charge is -2.30. The normalized spacial score (nSPS) is 24.9. The quantitative estimate of drug-likeness (QED) is 0.846. The third kappa shape index (κ3) is 2.22. The molecule has 1 fully saturated rings. The van der Waals surface area contributed by atoms with Gasteiger partial charge in [-0.25, -0.2) is 14.8 Å². The van der Waals surface area contributed by atoms with Gasteiger partial charge in [0.1, 0.15) is 5.82 Å². The summed E-state index contributed by atoms with van der Waals surface area (Å²) in [5, 5.41) is 2.31. The molecule has 1 saturated heterocycles. The monoisotopic (exact) mass is 234 g/mol. The summed E-state index contributed by atoms with van der Waals surface area (Å²) in [6, 6.07) is 5.78. The van der Waals surface area contributed by atoms with Crippen LogP contribution in [0.4, 0.5) is 4.39 Å². The van der Waals surface area contributed by atoms with Crippen LogP contribution in [0.5, 0.6) is 0 Å². The van der Waals surface area contributed by atoms with Crippen molar-refractivity contribution in [1.82, 2.24) is 10.4 Å². The maximum atomic E-state index is 13.6. The molecule has 0 aromatic heterocycles. The van der Waals surface area contributed by atoms with Crippen LogP contribution in [0.25, 0.3) is 0 Å². The number of benzene rings is 1. The highest BCUT2D eigenvalue weighted by Gasteiger charge is 2.26. The third-order valence-electron chi connectivity index (χ3n) is 3.91. The predicted octanol–water partition coefficient (Wildman–Crippen LogP) is 2.80. The van der Waals surface area contributed by atoms with Gasteiger partial charge in [-0.05, 0) is 42.9 Å². The van der Waals surface area contributed by atoms with E-state index in [1.165, 1.54) is 19.3 Å². The molecule has 1 aliphatic heterocycles. The molecule has 1 N–H and O–H groups in total. The number of hydrogen-bond acceptors (Lipinski definition) is 2. The lowest BCUT2D eigenvalue weighted by atomic mass is 10.1. The molecule has 2 nitrogen and oxygen atoms in total. The fraction of sp³-hybridized carbons (Fsp3) is 0.571. The first-order valence-electron chi connectivity index (χ1n) is 6.63. The third-order valence-corrected chi connectivity index (χ3v) is 3.91. The van der Waals surface area contributed by atoms with E-state index in [1.54, 1.807) is 6.07 Å². The van der Waals surface area contributed by atoms with Gasteiger partial charge in [0.25, 0.3) is 0 Å². The van der Waals surface area contributed by atoms with Gasteiger partial charge < -0.3 is 0 Å². The highest BCUT2D eigenvalue weighted by molar-refractivity contribution is 5.35. The van der Waals surface area contributed by atoms with Gasteiger partial charge in [-0.15, -0.1) is 0 Å². The Morgan fingerprint density at radius 1 is 1.18 bits per heavy atom. The zero-order chi connectivity index (χ0) is 11.7. The van der Waals surface area contributed by atoms with Crippen LogP contribution in [0.1, 0.15) is 42.9 Å². The Kier molecular flexibility index (Phi) is 3.12. The molecular weight excluding hydrogens is 215 g/mol. The average Bonchev–Trinajstić information content (AvgIpc) is 2.76. The Labute approximate surface area is 102 Å². The van der Waals surface area contributed by atoms with E-state index in [0.717, 1.165) is 37.1 Å². The van der Waals surface area contributed by atoms with E-state index in [4.69, 9.17) is 0 Å². The number of fused-ring (bicyclic) bond motifs is 1. The molecule has 17 heavy (non-hydrogen) atoms. The number of nitrogens with one attached hydrogen (secondary N) is 1. The van der Waals surface area contributed by atoms with Crippen LogP contribution in [0.2, 0.25) is 0 Å². The molecule has 1 atom stereocenters. The number of hydrogen-bond donors (Lipinski definition) is 1. The topological polar surface area (TPSA) is 15.3 Å². The van der Waals surface area contributed by atoms with Crippen molar-refractivity contribution in [1.29, 1.82) is 0 Å². The first kappa shape index (κ1) is 11.2. The zero-order valence-corrected chi connectivity index (χ0v) is 10.1. The molecule has 0 saturated carbocycles. The van der Waals surface area contributed by atoms with Crippen molar-refractivity contribution in [2.24, 2.45) is 0 Å². The van der Waals surface area contributed by atoms with Crippen molar-refractivity contribution in [3.8, 4) is 0 Å². The van der Waals surface area contributed by atoms with Crippen molar-refractivity contribution in [2.45, 2.75) is 38.1 Å². The maximum absolute atomic E-state index is 13.6. The summed E-state index contributed by atoms with van der Waals surface area (Å²) in [5.41, 5.74) is 5.65. The Morgan fingerprint density at radius 2 is 2.00 bits per heavy atom. The lowest BCUT2D eigenvalue weighted by Crippen LogP contribution is -2.43. The molecule has 0 radical (unpaired) electrons. The Balaban J connectivity index is 1.72. The van der Waals surface area contributed by atoms with Gasteiger partial charge in [0, 0.05) is 19.1 Å². The number of halogens is 1. The van der Waals surface area contributed by atoms with E-state index >= 15 is 0 Å². The van der Waals surface area contributed by atoms with Crippen LogP contribution < -0.4 is 5.43 Å². The van der Waals surface area contributed by atoms with Crippen LogP contribution in [-0.4, -0.2) is 18.1 Å². The number of rotatable bonds is 2. The predicted molar refractivity (Wildman–Crippen MR) is 66.0 cm³/mol. The van der Waals surface area contributed by atoms with Crippen molar-refractivity contribution in [2.75, 3.05) is 13.1 Å². The number of nitrogens with zero attached hydrogens (tertiary/aromatic N) is 1. The second-order valence-corrected chi connectivity index (χ2v) is 5.08. The summed E-state index contributed by atoms with van der Waals surface area (Å²) in [6.07, 6.45) is 5.78. The van der Waals surface area contributed by atoms with Crippen LogP contribution >= 0.6 is 0 Å². The number of hydrazine groups is 1. The Hall–Kier alpha value is -0.930. The van der Waals surface area contributed by atoms with Crippen molar-refractivity contribution in [3.63, 3.8) is 0 Å². The molecular formula is C14H19FN2. The van der Waals surface area contributed by atoms with Gasteiger partial charge in [0.05, 0.1) is 0 Å². The summed E-state index contributed by atoms with van der Waals surface area (Å²) in [6.45, 7) is 2.25. The molecule has 92 valence electrons. The van der Waals surface area contributed by atoms with E-state index in [0.29, 0.717) is 6.04 Å². The summed E-state index contributed by atoms with van der Waals surface area (Å²) in [4.78, 5) is 0. The van der Waals surface area contributed by atoms with E-state index in [2.05, 4.69) is 16.5 Å². The van der Waals surface area contributed by atoms with Crippen molar-refractivity contribution in [3.05, 3.63) is 35.1 Å². The molecule has 1 aromatic carbocycles. The molecule has 1 unspecified atom stereocenters. The molecule has 3 heteroatoms. The summed E-state index contributed by atoms with van der Waals surface area (Å²) < 4.78 is 13.6. The summed E-state index contributed by atoms with van der Waals surface area (Å²) in [5.74, 6) is -0.0366. The van der Waals surface area contributed by atoms with E-state index < -0.39 is 0 Å². The highest BCUT2D eigenvalue weighted by atomic mass is 19.1. The van der Waals surface area contributed by atoms with Crippen LogP contribution in [0.15, 0.2) is 18.2 Å². The Morgan fingerprint density at radius 3 is 2.82 bits per heavy atom. The largest absolute Gasteiger partial charge is 0.248 e. The minimum atomic E-state index is -0.0366. The van der Waals surface area contributed by atoms with Crippen LogP contribution in [0.3, 0.4) is 0 Å². The summed E-state index contributed by atoms with van der Waals surface area (Å²) >= 11 is 0. The molecule has 1 heterocycles. The van der Waals surface area contributed by atoms with Gasteiger partial charge >= 0.3 is 0 Å². The van der Waals surface area contributed by atoms with E-state index in [-0.39, 0.29) is 5.82 Å². The lowest BCUT2D eigenvalue weighted by molar-refractivity contribution is 0.128. The fourth-order valence-electron chi connectivity index (χ4n) is 2.99. The molecule has 0 bridgehead atoms. The van der Waals surface area contributed by atoms with Gasteiger partial charge in [-0.3, -0.25) is 0 Å². The SMILES string of the molecule is Fc1cccc2c1CCC2NN1CCCCC1. The second kappa shape index (κ2) is 4.75. The molecule has 1 aliphatic carbocycles. The highest BCUT2D eigenvalue weighted by Crippen LogP contribution is 2.33. The average molecular weight is 234 g/mol. The zero-order valence-electron chi connectivity index (χ0n) is 10.1. The fourth-order valence-corrected chi connectivity index (χ4v) is 2.99. The van der Waals surface area contributed by atoms with E-state index in [1.807, 2.05) is 6.07 Å². The molecule has 3 rings (SSSR count). The second-order valence-electron chi connectivity index (χ2n) is 5.08. The molecule has 1 aromatic rings. The smallest absolute Gasteiger partial charge is 0.126 e. The van der Waals surface area contributed by atoms with Crippen LogP contribution in [-0.2, 0) is 6.42 Å². The van der Waals surface area contributed by atoms with Crippen molar-refractivity contribution >= 4 is 0 Å². The summed E-state index contributed by atoms with van der Waals surface area (Å²) in [7, 11) is 0. The molecule has 0 amide bonds. The molecule has 0 spiro atoms. The van der Waals surface area contributed by atoms with Gasteiger partial charge in [0.15, 0.2) is 0 Å². The minimum absolute atomic E-state index is 0.0366. The van der Waals surface area contributed by atoms with Crippen LogP contribution in [0, 0.1) is 5.82 Å².